The number of methoxy groups -OCH3 is 1. The Kier molecular flexibility index (Phi) is 7.22. The van der Waals surface area contributed by atoms with Crippen molar-refractivity contribution in [2.75, 3.05) is 20.3 Å². The van der Waals surface area contributed by atoms with E-state index >= 15 is 0 Å². The normalized spacial score (nSPS) is 29.4. The second-order valence-electron chi connectivity index (χ2n) is 8.39. The molecule has 3 fully saturated rings. The van der Waals surface area contributed by atoms with E-state index in [1.807, 2.05) is 0 Å². The summed E-state index contributed by atoms with van der Waals surface area (Å²) in [5, 5.41) is 15.1. The molecule has 34 heavy (non-hydrogen) atoms. The predicted molar refractivity (Wildman–Crippen MR) is 112 cm³/mol. The summed E-state index contributed by atoms with van der Waals surface area (Å²) in [4.78, 5) is 60.2. The molecule has 3 N–H and O–H groups in total. The summed E-state index contributed by atoms with van der Waals surface area (Å²) in [5.41, 5.74) is 0.0504. The lowest BCUT2D eigenvalue weighted by molar-refractivity contribution is -0.160. The highest BCUT2D eigenvalue weighted by Gasteiger charge is 2.44. The molecule has 5 atom stereocenters. The van der Waals surface area contributed by atoms with Crippen molar-refractivity contribution in [3.63, 3.8) is 0 Å². The Hall–Kier alpha value is -3.32. The van der Waals surface area contributed by atoms with Crippen LogP contribution in [0.15, 0.2) is 12.3 Å². The molecule has 3 amide bonds. The third-order valence-corrected chi connectivity index (χ3v) is 6.12. The molecule has 0 spiro atoms. The molecule has 1 aromatic rings. The minimum Gasteiger partial charge on any atom is -0.467 e. The molecular weight excluding hydrogens is 450 g/mol. The van der Waals surface area contributed by atoms with Gasteiger partial charge in [-0.2, -0.15) is 4.98 Å². The number of ether oxygens (including phenoxy) is 3. The van der Waals surface area contributed by atoms with Crippen molar-refractivity contribution < 1.29 is 38.5 Å². The van der Waals surface area contributed by atoms with Gasteiger partial charge < -0.3 is 34.9 Å². The van der Waals surface area contributed by atoms with Gasteiger partial charge in [0.2, 0.25) is 18.1 Å². The number of esters is 1. The number of aliphatic hydroxyl groups is 1. The largest absolute Gasteiger partial charge is 0.467 e. The second kappa shape index (κ2) is 10.3. The van der Waals surface area contributed by atoms with Crippen LogP contribution in [0.3, 0.4) is 0 Å². The SMILES string of the molecule is COc1nccc(C(=O)NC2CCCCC3COCC(C(=O)NC4CC(=O)OC4O)N3C2=O)n1. The number of carbonyl (C=O) groups is 4. The van der Waals surface area contributed by atoms with Crippen LogP contribution < -0.4 is 15.4 Å². The van der Waals surface area contributed by atoms with Gasteiger partial charge in [-0.1, -0.05) is 12.8 Å². The van der Waals surface area contributed by atoms with Gasteiger partial charge >= 0.3 is 12.0 Å². The zero-order valence-electron chi connectivity index (χ0n) is 18.6. The summed E-state index contributed by atoms with van der Waals surface area (Å²) >= 11 is 0. The van der Waals surface area contributed by atoms with Crippen LogP contribution in [-0.4, -0.2) is 94.4 Å². The van der Waals surface area contributed by atoms with E-state index in [4.69, 9.17) is 9.47 Å². The van der Waals surface area contributed by atoms with Crippen LogP contribution in [0.5, 0.6) is 6.01 Å². The van der Waals surface area contributed by atoms with E-state index in [0.29, 0.717) is 19.3 Å². The minimum atomic E-state index is -1.45. The van der Waals surface area contributed by atoms with Crippen molar-refractivity contribution in [3.8, 4) is 6.01 Å². The number of carbonyl (C=O) groups excluding carboxylic acids is 4. The Morgan fingerprint density at radius 2 is 2.00 bits per heavy atom. The van der Waals surface area contributed by atoms with Crippen LogP contribution in [0.2, 0.25) is 0 Å². The number of nitrogens with zero attached hydrogens (tertiary/aromatic N) is 3. The zero-order valence-corrected chi connectivity index (χ0v) is 18.6. The van der Waals surface area contributed by atoms with Crippen molar-refractivity contribution in [2.24, 2.45) is 0 Å². The molecular formula is C21H27N5O8. The van der Waals surface area contributed by atoms with Crippen LogP contribution in [0, 0.1) is 0 Å². The number of rotatable bonds is 5. The first-order valence-corrected chi connectivity index (χ1v) is 11.1. The molecule has 3 aliphatic rings. The van der Waals surface area contributed by atoms with Crippen LogP contribution in [0.1, 0.15) is 42.6 Å². The summed E-state index contributed by atoms with van der Waals surface area (Å²) in [6, 6.07) is -1.67. The Bertz CT molecular complexity index is 959. The fourth-order valence-electron chi connectivity index (χ4n) is 4.40. The number of amides is 3. The molecule has 4 rings (SSSR count). The molecule has 13 heteroatoms. The average molecular weight is 477 g/mol. The Morgan fingerprint density at radius 1 is 1.21 bits per heavy atom. The quantitative estimate of drug-likeness (QED) is 0.424. The van der Waals surface area contributed by atoms with Crippen LogP contribution in [0.4, 0.5) is 0 Å². The van der Waals surface area contributed by atoms with Gasteiger partial charge in [0.25, 0.3) is 5.91 Å². The number of hydrogen-bond acceptors (Lipinski definition) is 10. The van der Waals surface area contributed by atoms with Gasteiger partial charge in [0.1, 0.15) is 23.8 Å². The molecule has 184 valence electrons. The van der Waals surface area contributed by atoms with E-state index in [9.17, 15) is 24.3 Å². The smallest absolute Gasteiger partial charge is 0.316 e. The topological polar surface area (TPSA) is 169 Å². The van der Waals surface area contributed by atoms with E-state index in [0.717, 1.165) is 6.42 Å². The predicted octanol–water partition coefficient (Wildman–Crippen LogP) is -1.50. The summed E-state index contributed by atoms with van der Waals surface area (Å²) in [7, 11) is 1.38. The van der Waals surface area contributed by atoms with Crippen molar-refractivity contribution in [1.29, 1.82) is 0 Å². The van der Waals surface area contributed by atoms with Gasteiger partial charge in [-0.3, -0.25) is 19.2 Å². The van der Waals surface area contributed by atoms with Gasteiger partial charge in [0.15, 0.2) is 0 Å². The van der Waals surface area contributed by atoms with Crippen molar-refractivity contribution >= 4 is 23.7 Å². The molecule has 3 saturated heterocycles. The Balaban J connectivity index is 1.51. The molecule has 0 bridgehead atoms. The fourth-order valence-corrected chi connectivity index (χ4v) is 4.40. The number of fused-ring (bicyclic) bond motifs is 1. The maximum atomic E-state index is 13.6. The summed E-state index contributed by atoms with van der Waals surface area (Å²) < 4.78 is 15.2. The van der Waals surface area contributed by atoms with E-state index in [1.54, 1.807) is 0 Å². The molecule has 13 nitrogen and oxygen atoms in total. The lowest BCUT2D eigenvalue weighted by atomic mass is 9.95. The molecule has 0 radical (unpaired) electrons. The molecule has 0 aromatic carbocycles. The maximum Gasteiger partial charge on any atom is 0.316 e. The first kappa shape index (κ1) is 23.8. The number of aromatic nitrogens is 2. The highest BCUT2D eigenvalue weighted by molar-refractivity contribution is 5.97. The number of cyclic esters (lactones) is 1. The van der Waals surface area contributed by atoms with Crippen molar-refractivity contribution in [3.05, 3.63) is 18.0 Å². The molecule has 0 saturated carbocycles. The van der Waals surface area contributed by atoms with Gasteiger partial charge in [-0.05, 0) is 18.9 Å². The maximum absolute atomic E-state index is 13.6. The lowest BCUT2D eigenvalue weighted by Gasteiger charge is -2.44. The zero-order chi connectivity index (χ0) is 24.2. The lowest BCUT2D eigenvalue weighted by Crippen LogP contribution is -2.65. The van der Waals surface area contributed by atoms with Crippen LogP contribution >= 0.6 is 0 Å². The fraction of sp³-hybridized carbons (Fsp3) is 0.619. The number of nitrogens with one attached hydrogen (secondary N) is 2. The number of hydrogen-bond donors (Lipinski definition) is 3. The Labute approximate surface area is 195 Å². The number of morpholine rings is 1. The summed E-state index contributed by atoms with van der Waals surface area (Å²) in [6.45, 7) is 0.225. The Morgan fingerprint density at radius 3 is 2.74 bits per heavy atom. The summed E-state index contributed by atoms with van der Waals surface area (Å²) in [5.74, 6) is -2.15. The van der Waals surface area contributed by atoms with Crippen LogP contribution in [0.25, 0.3) is 0 Å². The molecule has 5 unspecified atom stereocenters. The highest BCUT2D eigenvalue weighted by Crippen LogP contribution is 2.25. The first-order chi connectivity index (χ1) is 16.4. The van der Waals surface area contributed by atoms with E-state index < -0.39 is 48.1 Å². The minimum absolute atomic E-state index is 0.0261. The molecule has 1 aromatic heterocycles. The van der Waals surface area contributed by atoms with E-state index in [1.165, 1.54) is 24.3 Å². The highest BCUT2D eigenvalue weighted by atomic mass is 16.6. The summed E-state index contributed by atoms with van der Waals surface area (Å²) in [6.07, 6.45) is 2.30. The van der Waals surface area contributed by atoms with Crippen molar-refractivity contribution in [1.82, 2.24) is 25.5 Å². The van der Waals surface area contributed by atoms with Gasteiger partial charge in [-0.25, -0.2) is 4.98 Å². The third kappa shape index (κ3) is 5.09. The third-order valence-electron chi connectivity index (χ3n) is 6.12. The second-order valence-corrected chi connectivity index (χ2v) is 8.39. The standard InChI is InChI=1S/C21H27N5O8/c1-32-21-22-7-6-12(25-21)17(28)23-13-5-3-2-4-11-9-33-10-15(26(11)19(13)30)18(29)24-14-8-16(27)34-20(14)31/h6-7,11,13-15,20,31H,2-5,8-10H2,1H3,(H,23,28)(H,24,29). The van der Waals surface area contributed by atoms with Crippen LogP contribution in [-0.2, 0) is 23.9 Å². The number of aliphatic hydroxyl groups excluding tert-OH is 1. The van der Waals surface area contributed by atoms with Gasteiger partial charge in [0, 0.05) is 6.20 Å². The average Bonchev–Trinajstić information content (AvgIpc) is 3.15. The molecule has 3 aliphatic heterocycles. The molecule has 4 heterocycles. The van der Waals surface area contributed by atoms with Gasteiger partial charge in [0.05, 0.1) is 32.8 Å². The van der Waals surface area contributed by atoms with E-state index in [2.05, 4.69) is 25.3 Å². The van der Waals surface area contributed by atoms with Gasteiger partial charge in [-0.15, -0.1) is 0 Å². The molecule has 0 aliphatic carbocycles. The van der Waals surface area contributed by atoms with E-state index in [-0.39, 0.29) is 37.4 Å². The van der Waals surface area contributed by atoms with Crippen molar-refractivity contribution in [2.45, 2.75) is 62.6 Å². The monoisotopic (exact) mass is 477 g/mol. The first-order valence-electron chi connectivity index (χ1n) is 11.1.